The average molecular weight is 288 g/mol. The highest BCUT2D eigenvalue weighted by atomic mass is 32.1. The van der Waals surface area contributed by atoms with Gasteiger partial charge in [-0.25, -0.2) is 0 Å². The molecule has 0 radical (unpaired) electrons. The second kappa shape index (κ2) is 5.30. The fourth-order valence-corrected chi connectivity index (χ4v) is 2.57. The molecule has 1 N–H and O–H groups in total. The predicted octanol–water partition coefficient (Wildman–Crippen LogP) is 2.07. The van der Waals surface area contributed by atoms with E-state index >= 15 is 0 Å². The van der Waals surface area contributed by atoms with Crippen molar-refractivity contribution in [1.29, 1.82) is 0 Å². The van der Waals surface area contributed by atoms with Crippen LogP contribution in [0.5, 0.6) is 0 Å². The molecule has 3 aromatic rings. The van der Waals surface area contributed by atoms with Gasteiger partial charge >= 0.3 is 0 Å². The molecule has 0 aliphatic rings. The molecule has 0 unspecified atom stereocenters. The quantitative estimate of drug-likeness (QED) is 0.797. The molecule has 0 aromatic carbocycles. The van der Waals surface area contributed by atoms with Gasteiger partial charge in [0.05, 0.1) is 19.0 Å². The summed E-state index contributed by atoms with van der Waals surface area (Å²) in [4.78, 5) is 12.9. The normalized spacial score (nSPS) is 10.7. The van der Waals surface area contributed by atoms with Gasteiger partial charge < -0.3 is 9.73 Å². The maximum absolute atomic E-state index is 11.8. The number of aryl methyl sites for hydroxylation is 1. The Morgan fingerprint density at radius 2 is 2.45 bits per heavy atom. The Morgan fingerprint density at radius 1 is 1.55 bits per heavy atom. The number of carbonyl (C=O) groups is 1. The van der Waals surface area contributed by atoms with Crippen LogP contribution in [0.15, 0.2) is 40.5 Å². The van der Waals surface area contributed by atoms with Crippen molar-refractivity contribution in [1.82, 2.24) is 20.3 Å². The van der Waals surface area contributed by atoms with Crippen LogP contribution in [0.4, 0.5) is 0 Å². The highest BCUT2D eigenvalue weighted by Gasteiger charge is 2.10. The molecule has 0 saturated heterocycles. The van der Waals surface area contributed by atoms with E-state index in [9.17, 15) is 4.79 Å². The van der Waals surface area contributed by atoms with E-state index in [2.05, 4.69) is 15.6 Å². The first-order valence-corrected chi connectivity index (χ1v) is 6.86. The van der Waals surface area contributed by atoms with E-state index in [0.717, 1.165) is 16.2 Å². The van der Waals surface area contributed by atoms with Gasteiger partial charge in [-0.05, 0) is 18.2 Å². The van der Waals surface area contributed by atoms with Crippen molar-refractivity contribution in [3.05, 3.63) is 46.6 Å². The van der Waals surface area contributed by atoms with Crippen LogP contribution < -0.4 is 5.32 Å². The SMILES string of the molecule is Cn1cc(C(=O)NCc2cc(-c3ccco3)cs2)nn1. The van der Waals surface area contributed by atoms with E-state index in [1.807, 2.05) is 23.6 Å². The third kappa shape index (κ3) is 2.62. The Kier molecular flexibility index (Phi) is 3.34. The summed E-state index contributed by atoms with van der Waals surface area (Å²) in [5.41, 5.74) is 1.33. The van der Waals surface area contributed by atoms with Crippen molar-refractivity contribution < 1.29 is 9.21 Å². The Labute approximate surface area is 119 Å². The van der Waals surface area contributed by atoms with Gasteiger partial charge in [-0.1, -0.05) is 5.21 Å². The van der Waals surface area contributed by atoms with E-state index in [1.165, 1.54) is 4.68 Å². The third-order valence-electron chi connectivity index (χ3n) is 2.72. The smallest absolute Gasteiger partial charge is 0.273 e. The van der Waals surface area contributed by atoms with Gasteiger partial charge in [-0.2, -0.15) is 0 Å². The summed E-state index contributed by atoms with van der Waals surface area (Å²) in [6.07, 6.45) is 3.22. The summed E-state index contributed by atoms with van der Waals surface area (Å²) in [6, 6.07) is 5.76. The molecule has 3 rings (SSSR count). The Bertz CT molecular complexity index is 714. The van der Waals surface area contributed by atoms with Crippen molar-refractivity contribution >= 4 is 17.2 Å². The molecule has 0 aliphatic heterocycles. The van der Waals surface area contributed by atoms with Crippen LogP contribution in [-0.4, -0.2) is 20.9 Å². The molecule has 0 fully saturated rings. The maximum atomic E-state index is 11.8. The molecule has 6 nitrogen and oxygen atoms in total. The first-order chi connectivity index (χ1) is 9.72. The molecule has 0 atom stereocenters. The number of rotatable bonds is 4. The second-order valence-corrected chi connectivity index (χ2v) is 5.23. The molecule has 1 amide bonds. The summed E-state index contributed by atoms with van der Waals surface area (Å²) < 4.78 is 6.82. The summed E-state index contributed by atoms with van der Waals surface area (Å²) in [6.45, 7) is 0.459. The number of amides is 1. The zero-order chi connectivity index (χ0) is 13.9. The maximum Gasteiger partial charge on any atom is 0.273 e. The van der Waals surface area contributed by atoms with Gasteiger partial charge in [0.2, 0.25) is 0 Å². The number of hydrogen-bond acceptors (Lipinski definition) is 5. The first-order valence-electron chi connectivity index (χ1n) is 5.98. The lowest BCUT2D eigenvalue weighted by atomic mass is 10.2. The van der Waals surface area contributed by atoms with E-state index in [1.54, 1.807) is 30.8 Å². The molecule has 3 heterocycles. The molecular formula is C13H12N4O2S. The Hall–Kier alpha value is -2.41. The van der Waals surface area contributed by atoms with E-state index < -0.39 is 0 Å². The van der Waals surface area contributed by atoms with Crippen LogP contribution >= 0.6 is 11.3 Å². The zero-order valence-electron chi connectivity index (χ0n) is 10.7. The van der Waals surface area contributed by atoms with Gasteiger partial charge in [0.1, 0.15) is 5.76 Å². The van der Waals surface area contributed by atoms with Crippen molar-refractivity contribution in [3.63, 3.8) is 0 Å². The van der Waals surface area contributed by atoms with E-state index in [0.29, 0.717) is 12.2 Å². The Balaban J connectivity index is 1.63. The molecule has 20 heavy (non-hydrogen) atoms. The minimum atomic E-state index is -0.231. The molecule has 7 heteroatoms. The highest BCUT2D eigenvalue weighted by Crippen LogP contribution is 2.25. The van der Waals surface area contributed by atoms with Crippen molar-refractivity contribution in [2.45, 2.75) is 6.54 Å². The third-order valence-corrected chi connectivity index (χ3v) is 3.65. The van der Waals surface area contributed by atoms with Gasteiger partial charge in [0.25, 0.3) is 5.91 Å². The lowest BCUT2D eigenvalue weighted by molar-refractivity contribution is 0.0946. The number of thiophene rings is 1. The molecule has 0 bridgehead atoms. The van der Waals surface area contributed by atoms with Gasteiger partial charge in [-0.3, -0.25) is 9.48 Å². The summed E-state index contributed by atoms with van der Waals surface area (Å²) in [5, 5.41) is 12.3. The minimum absolute atomic E-state index is 0.231. The lowest BCUT2D eigenvalue weighted by Crippen LogP contribution is -2.22. The monoisotopic (exact) mass is 288 g/mol. The van der Waals surface area contributed by atoms with Crippen LogP contribution in [0.1, 0.15) is 15.4 Å². The standard InChI is InChI=1S/C13H12N4O2S/c1-17-7-11(15-16-17)13(18)14-6-10-5-9(8-20-10)12-3-2-4-19-12/h2-5,7-8H,6H2,1H3,(H,14,18). The fraction of sp³-hybridized carbons (Fsp3) is 0.154. The molecule has 0 aliphatic carbocycles. The highest BCUT2D eigenvalue weighted by molar-refractivity contribution is 7.10. The lowest BCUT2D eigenvalue weighted by Gasteiger charge is -1.99. The summed E-state index contributed by atoms with van der Waals surface area (Å²) in [7, 11) is 1.72. The van der Waals surface area contributed by atoms with Crippen LogP contribution in [0.2, 0.25) is 0 Å². The number of hydrogen-bond donors (Lipinski definition) is 1. The van der Waals surface area contributed by atoms with Gasteiger partial charge in [0, 0.05) is 22.9 Å². The van der Waals surface area contributed by atoms with Crippen molar-refractivity contribution in [2.75, 3.05) is 0 Å². The first kappa shape index (κ1) is 12.6. The number of nitrogens with one attached hydrogen (secondary N) is 1. The van der Waals surface area contributed by atoms with Crippen molar-refractivity contribution in [3.8, 4) is 11.3 Å². The van der Waals surface area contributed by atoms with Gasteiger partial charge in [0.15, 0.2) is 5.69 Å². The summed E-state index contributed by atoms with van der Waals surface area (Å²) >= 11 is 1.57. The molecule has 102 valence electrons. The average Bonchev–Trinajstić information content (AvgIpc) is 3.16. The van der Waals surface area contributed by atoms with Crippen LogP contribution in [0, 0.1) is 0 Å². The Morgan fingerprint density at radius 3 is 3.15 bits per heavy atom. The van der Waals surface area contributed by atoms with Crippen LogP contribution in [0.25, 0.3) is 11.3 Å². The molecular weight excluding hydrogens is 276 g/mol. The van der Waals surface area contributed by atoms with Crippen LogP contribution in [-0.2, 0) is 13.6 Å². The number of furan rings is 1. The predicted molar refractivity (Wildman–Crippen MR) is 74.2 cm³/mol. The van der Waals surface area contributed by atoms with E-state index in [4.69, 9.17) is 4.42 Å². The zero-order valence-corrected chi connectivity index (χ0v) is 11.6. The molecule has 3 aromatic heterocycles. The second-order valence-electron chi connectivity index (χ2n) is 4.24. The van der Waals surface area contributed by atoms with Gasteiger partial charge in [-0.15, -0.1) is 16.4 Å². The fourth-order valence-electron chi connectivity index (χ4n) is 1.75. The van der Waals surface area contributed by atoms with E-state index in [-0.39, 0.29) is 5.91 Å². The largest absolute Gasteiger partial charge is 0.464 e. The molecule has 0 saturated carbocycles. The minimum Gasteiger partial charge on any atom is -0.464 e. The number of carbonyl (C=O) groups excluding carboxylic acids is 1. The summed E-state index contributed by atoms with van der Waals surface area (Å²) in [5.74, 6) is 0.596. The molecule has 0 spiro atoms. The number of aromatic nitrogens is 3. The van der Waals surface area contributed by atoms with Crippen molar-refractivity contribution in [2.24, 2.45) is 7.05 Å². The topological polar surface area (TPSA) is 73.0 Å². The van der Waals surface area contributed by atoms with Crippen LogP contribution in [0.3, 0.4) is 0 Å². The number of nitrogens with zero attached hydrogens (tertiary/aromatic N) is 3.